The van der Waals surface area contributed by atoms with Crippen molar-refractivity contribution in [3.8, 4) is 16.9 Å². The number of hydrogen-bond acceptors (Lipinski definition) is 4. The molecule has 5 rings (SSSR count). The van der Waals surface area contributed by atoms with Crippen LogP contribution in [0, 0.1) is 25.6 Å². The molecule has 2 N–H and O–H groups in total. The van der Waals surface area contributed by atoms with Crippen molar-refractivity contribution in [2.45, 2.75) is 58.4 Å². The number of aryl methyl sites for hydroxylation is 1. The molecule has 1 aromatic carbocycles. The van der Waals surface area contributed by atoms with Gasteiger partial charge in [0.25, 0.3) is 0 Å². The highest BCUT2D eigenvalue weighted by Crippen LogP contribution is 2.42. The number of aromatic nitrogens is 4. The van der Waals surface area contributed by atoms with Crippen LogP contribution in [-0.4, -0.2) is 37.9 Å². The Kier molecular flexibility index (Phi) is 6.70. The first-order valence-corrected chi connectivity index (χ1v) is 12.9. The smallest absolute Gasteiger partial charge is 0.306 e. The van der Waals surface area contributed by atoms with Crippen LogP contribution in [0.4, 0.5) is 4.39 Å². The molecule has 0 unspecified atom stereocenters. The van der Waals surface area contributed by atoms with Crippen molar-refractivity contribution in [2.75, 3.05) is 7.11 Å². The number of aliphatic carboxylic acids is 1. The molecular weight excluding hydrogens is 495 g/mol. The number of aromatic amines is 1. The number of fused-ring (bicyclic) bond motifs is 1. The first-order chi connectivity index (χ1) is 17.7. The molecule has 0 radical (unpaired) electrons. The second kappa shape index (κ2) is 9.82. The second-order valence-electron chi connectivity index (χ2n) is 9.90. The van der Waals surface area contributed by atoms with Crippen molar-refractivity contribution in [1.82, 2.24) is 19.7 Å². The maximum absolute atomic E-state index is 14.4. The zero-order valence-electron chi connectivity index (χ0n) is 21.3. The molecule has 1 atom stereocenters. The van der Waals surface area contributed by atoms with Gasteiger partial charge in [0.15, 0.2) is 0 Å². The lowest BCUT2D eigenvalue weighted by Crippen LogP contribution is -2.24. The topological polar surface area (TPSA) is 93.0 Å². The minimum Gasteiger partial charge on any atom is -0.496 e. The van der Waals surface area contributed by atoms with E-state index in [9.17, 15) is 14.3 Å². The van der Waals surface area contributed by atoms with Gasteiger partial charge in [-0.25, -0.2) is 9.37 Å². The van der Waals surface area contributed by atoms with Gasteiger partial charge in [-0.1, -0.05) is 18.5 Å². The summed E-state index contributed by atoms with van der Waals surface area (Å²) >= 11 is 6.39. The molecule has 1 saturated carbocycles. The zero-order valence-corrected chi connectivity index (χ0v) is 22.1. The number of carboxylic acid groups (broad SMARTS) is 1. The van der Waals surface area contributed by atoms with E-state index in [1.54, 1.807) is 13.2 Å². The molecule has 4 aromatic rings. The molecule has 194 valence electrons. The molecule has 3 aromatic heterocycles. The molecule has 1 fully saturated rings. The van der Waals surface area contributed by atoms with Gasteiger partial charge in [-0.2, -0.15) is 5.10 Å². The van der Waals surface area contributed by atoms with Crippen LogP contribution in [0.5, 0.6) is 5.75 Å². The van der Waals surface area contributed by atoms with E-state index in [1.807, 2.05) is 26.2 Å². The predicted molar refractivity (Wildman–Crippen MR) is 141 cm³/mol. The van der Waals surface area contributed by atoms with Gasteiger partial charge in [-0.3, -0.25) is 9.48 Å². The molecular formula is C28H30ClFN4O3. The number of ether oxygens (including phenoxy) is 1. The highest BCUT2D eigenvalue weighted by atomic mass is 35.5. The second-order valence-corrected chi connectivity index (χ2v) is 10.3. The average Bonchev–Trinajstić information content (AvgIpc) is 3.44. The summed E-state index contributed by atoms with van der Waals surface area (Å²) in [6.07, 6.45) is 6.65. The number of nitrogens with one attached hydrogen (secondary N) is 1. The predicted octanol–water partition coefficient (Wildman–Crippen LogP) is 6.81. The molecule has 0 spiro atoms. The van der Waals surface area contributed by atoms with Crippen LogP contribution in [0.3, 0.4) is 0 Å². The van der Waals surface area contributed by atoms with Gasteiger partial charge in [0, 0.05) is 46.1 Å². The quantitative estimate of drug-likeness (QED) is 0.289. The van der Waals surface area contributed by atoms with Gasteiger partial charge in [0.1, 0.15) is 17.2 Å². The molecule has 0 bridgehead atoms. The largest absolute Gasteiger partial charge is 0.496 e. The van der Waals surface area contributed by atoms with E-state index in [1.165, 1.54) is 6.07 Å². The Morgan fingerprint density at radius 1 is 1.27 bits per heavy atom. The van der Waals surface area contributed by atoms with Gasteiger partial charge in [-0.15, -0.1) is 0 Å². The minimum atomic E-state index is -0.708. The maximum atomic E-state index is 14.4. The van der Waals surface area contributed by atoms with E-state index >= 15 is 0 Å². The van der Waals surface area contributed by atoms with E-state index in [-0.39, 0.29) is 22.9 Å². The summed E-state index contributed by atoms with van der Waals surface area (Å²) in [5.41, 5.74) is 6.16. The number of pyridine rings is 1. The number of halogens is 2. The fourth-order valence-electron chi connectivity index (χ4n) is 5.81. The van der Waals surface area contributed by atoms with Crippen molar-refractivity contribution >= 4 is 28.6 Å². The van der Waals surface area contributed by atoms with Gasteiger partial charge >= 0.3 is 5.97 Å². The summed E-state index contributed by atoms with van der Waals surface area (Å²) in [5.74, 6) is -1.18. The van der Waals surface area contributed by atoms with Gasteiger partial charge in [-0.05, 0) is 63.3 Å². The van der Waals surface area contributed by atoms with Crippen molar-refractivity contribution in [1.29, 1.82) is 0 Å². The Balaban J connectivity index is 1.53. The van der Waals surface area contributed by atoms with E-state index in [2.05, 4.69) is 27.6 Å². The molecule has 0 saturated heterocycles. The third kappa shape index (κ3) is 4.37. The number of rotatable bonds is 6. The summed E-state index contributed by atoms with van der Waals surface area (Å²) in [6, 6.07) is 5.18. The van der Waals surface area contributed by atoms with Crippen LogP contribution >= 0.6 is 11.6 Å². The molecule has 37 heavy (non-hydrogen) atoms. The standard InChI is InChI=1S/C28H30ClFN4O3/c1-14(24-23(37-4)10-9-22(30)26(24)29)21-13-32-27-20(21)11-18(12-31-27)25-15(2)33-34(16(25)3)19-7-5-17(6-8-19)28(35)36/h9-14,17,19H,5-8H2,1-4H3,(H,31,32)(H,35,36)/t14-,17?,19?/m0/s1. The molecule has 0 amide bonds. The number of carboxylic acids is 1. The normalized spacial score (nSPS) is 18.8. The van der Waals surface area contributed by atoms with Crippen LogP contribution in [0.15, 0.2) is 30.6 Å². The van der Waals surface area contributed by atoms with Gasteiger partial charge in [0.05, 0.1) is 29.8 Å². The monoisotopic (exact) mass is 524 g/mol. The van der Waals surface area contributed by atoms with E-state index < -0.39 is 11.8 Å². The summed E-state index contributed by atoms with van der Waals surface area (Å²) < 4.78 is 21.9. The minimum absolute atomic E-state index is 0.0518. The summed E-state index contributed by atoms with van der Waals surface area (Å²) in [7, 11) is 1.55. The Hall–Kier alpha value is -3.39. The average molecular weight is 525 g/mol. The van der Waals surface area contributed by atoms with E-state index in [0.717, 1.165) is 52.0 Å². The van der Waals surface area contributed by atoms with Crippen LogP contribution in [0.2, 0.25) is 5.02 Å². The van der Waals surface area contributed by atoms with Crippen molar-refractivity contribution in [3.63, 3.8) is 0 Å². The van der Waals surface area contributed by atoms with Gasteiger partial charge < -0.3 is 14.8 Å². The number of benzene rings is 1. The number of hydrogen-bond donors (Lipinski definition) is 2. The fourth-order valence-corrected chi connectivity index (χ4v) is 6.13. The lowest BCUT2D eigenvalue weighted by molar-refractivity contribution is -0.143. The molecule has 1 aliphatic carbocycles. The third-order valence-electron chi connectivity index (χ3n) is 7.78. The number of carbonyl (C=O) groups is 1. The van der Waals surface area contributed by atoms with E-state index in [0.29, 0.717) is 24.2 Å². The Bertz CT molecular complexity index is 1490. The number of nitrogens with zero attached hydrogens (tertiary/aromatic N) is 3. The summed E-state index contributed by atoms with van der Waals surface area (Å²) in [6.45, 7) is 6.02. The van der Waals surface area contributed by atoms with Crippen LogP contribution in [-0.2, 0) is 4.79 Å². The van der Waals surface area contributed by atoms with Crippen LogP contribution in [0.1, 0.15) is 67.1 Å². The van der Waals surface area contributed by atoms with E-state index in [4.69, 9.17) is 21.4 Å². The molecule has 3 heterocycles. The molecule has 1 aliphatic rings. The Morgan fingerprint density at radius 3 is 2.68 bits per heavy atom. The SMILES string of the molecule is COc1ccc(F)c(Cl)c1[C@@H](C)c1c[nH]c2ncc(-c3c(C)nn(C4CCC(C(=O)O)CC4)c3C)cc12. The Morgan fingerprint density at radius 2 is 2.00 bits per heavy atom. The van der Waals surface area contributed by atoms with Crippen LogP contribution in [0.25, 0.3) is 22.2 Å². The fraction of sp³-hybridized carbons (Fsp3) is 0.393. The highest BCUT2D eigenvalue weighted by Gasteiger charge is 2.29. The number of methoxy groups -OCH3 is 1. The lowest BCUT2D eigenvalue weighted by Gasteiger charge is -2.27. The molecule has 9 heteroatoms. The summed E-state index contributed by atoms with van der Waals surface area (Å²) in [4.78, 5) is 19.3. The first kappa shape index (κ1) is 25.3. The number of H-pyrrole nitrogens is 1. The van der Waals surface area contributed by atoms with Crippen molar-refractivity contribution in [2.24, 2.45) is 5.92 Å². The van der Waals surface area contributed by atoms with Crippen LogP contribution < -0.4 is 4.74 Å². The maximum Gasteiger partial charge on any atom is 0.306 e. The third-order valence-corrected chi connectivity index (χ3v) is 8.16. The van der Waals surface area contributed by atoms with Gasteiger partial charge in [0.2, 0.25) is 0 Å². The zero-order chi connectivity index (χ0) is 26.4. The highest BCUT2D eigenvalue weighted by molar-refractivity contribution is 6.31. The van der Waals surface area contributed by atoms with Crippen molar-refractivity contribution < 1.29 is 19.0 Å². The van der Waals surface area contributed by atoms with Crippen molar-refractivity contribution in [3.05, 3.63) is 63.9 Å². The first-order valence-electron chi connectivity index (χ1n) is 12.5. The summed E-state index contributed by atoms with van der Waals surface area (Å²) in [5, 5.41) is 15.2. The molecule has 7 nitrogen and oxygen atoms in total. The Labute approximate surface area is 219 Å². The lowest BCUT2D eigenvalue weighted by atomic mass is 9.86. The molecule has 0 aliphatic heterocycles.